The van der Waals surface area contributed by atoms with E-state index < -0.39 is 41.5 Å². The first-order valence-electron chi connectivity index (χ1n) is 5.90. The monoisotopic (exact) mass is 316 g/mol. The van der Waals surface area contributed by atoms with Crippen molar-refractivity contribution in [3.63, 3.8) is 0 Å². The Morgan fingerprint density at radius 1 is 1.05 bits per heavy atom. The van der Waals surface area contributed by atoms with Gasteiger partial charge in [-0.3, -0.25) is 4.90 Å². The van der Waals surface area contributed by atoms with E-state index in [1.807, 2.05) is 0 Å². The van der Waals surface area contributed by atoms with Gasteiger partial charge in [0.2, 0.25) is 0 Å². The van der Waals surface area contributed by atoms with Gasteiger partial charge in [0.1, 0.15) is 6.67 Å². The molecular formula is C12H14ClF5N2. The highest BCUT2D eigenvalue weighted by atomic mass is 35.5. The number of nitrogens with zero attached hydrogens (tertiary/aromatic N) is 1. The van der Waals surface area contributed by atoms with Crippen molar-refractivity contribution in [3.05, 3.63) is 34.9 Å². The van der Waals surface area contributed by atoms with Crippen LogP contribution in [0.4, 0.5) is 22.0 Å². The van der Waals surface area contributed by atoms with E-state index in [0.29, 0.717) is 26.2 Å². The molecule has 20 heavy (non-hydrogen) atoms. The van der Waals surface area contributed by atoms with E-state index in [2.05, 4.69) is 5.32 Å². The van der Waals surface area contributed by atoms with Gasteiger partial charge in [-0.2, -0.15) is 0 Å². The van der Waals surface area contributed by atoms with Crippen LogP contribution in [0, 0.1) is 23.3 Å². The Bertz CT molecular complexity index is 439. The molecule has 114 valence electrons. The fraction of sp³-hybridized carbons (Fsp3) is 0.500. The molecule has 1 aliphatic rings. The van der Waals surface area contributed by atoms with E-state index in [-0.39, 0.29) is 18.5 Å². The number of hydrogen-bond acceptors (Lipinski definition) is 2. The van der Waals surface area contributed by atoms with Gasteiger partial charge in [-0.25, -0.2) is 22.0 Å². The minimum absolute atomic E-state index is 0. The summed E-state index contributed by atoms with van der Waals surface area (Å²) in [5, 5.41) is 3.00. The quantitative estimate of drug-likeness (QED) is 0.681. The largest absolute Gasteiger partial charge is 0.314 e. The second kappa shape index (κ2) is 7.19. The van der Waals surface area contributed by atoms with Crippen LogP contribution < -0.4 is 5.32 Å². The van der Waals surface area contributed by atoms with Gasteiger partial charge < -0.3 is 5.32 Å². The molecule has 1 aromatic rings. The Morgan fingerprint density at radius 2 is 1.55 bits per heavy atom. The van der Waals surface area contributed by atoms with E-state index in [1.165, 1.54) is 4.90 Å². The van der Waals surface area contributed by atoms with Crippen LogP contribution in [0.2, 0.25) is 0 Å². The number of hydrogen-bond donors (Lipinski definition) is 1. The van der Waals surface area contributed by atoms with Crippen molar-refractivity contribution >= 4 is 12.4 Å². The van der Waals surface area contributed by atoms with Gasteiger partial charge >= 0.3 is 0 Å². The summed E-state index contributed by atoms with van der Waals surface area (Å²) in [7, 11) is 0. The molecule has 1 atom stereocenters. The molecular weight excluding hydrogens is 303 g/mol. The van der Waals surface area contributed by atoms with Gasteiger partial charge in [0.15, 0.2) is 23.3 Å². The minimum atomic E-state index is -1.53. The molecule has 8 heteroatoms. The summed E-state index contributed by atoms with van der Waals surface area (Å²) >= 11 is 0. The molecule has 0 aliphatic carbocycles. The lowest BCUT2D eigenvalue weighted by Crippen LogP contribution is -2.46. The SMILES string of the molecule is Cl.FC[C@H](c1c(F)c(F)cc(F)c1F)N1CCNCC1. The maximum Gasteiger partial charge on any atom is 0.166 e. The molecule has 0 bridgehead atoms. The van der Waals surface area contributed by atoms with E-state index in [9.17, 15) is 22.0 Å². The lowest BCUT2D eigenvalue weighted by atomic mass is 10.0. The highest BCUT2D eigenvalue weighted by Gasteiger charge is 2.31. The van der Waals surface area contributed by atoms with Crippen LogP contribution in [0.15, 0.2) is 6.07 Å². The Balaban J connectivity index is 0.00000200. The number of rotatable bonds is 3. The second-order valence-electron chi connectivity index (χ2n) is 4.34. The van der Waals surface area contributed by atoms with E-state index in [1.54, 1.807) is 0 Å². The Hall–Kier alpha value is -0.920. The topological polar surface area (TPSA) is 15.3 Å². The molecule has 2 nitrogen and oxygen atoms in total. The van der Waals surface area contributed by atoms with Crippen LogP contribution >= 0.6 is 12.4 Å². The van der Waals surface area contributed by atoms with Crippen molar-refractivity contribution in [2.75, 3.05) is 32.9 Å². The van der Waals surface area contributed by atoms with Crippen molar-refractivity contribution in [1.82, 2.24) is 10.2 Å². The zero-order chi connectivity index (χ0) is 14.0. The van der Waals surface area contributed by atoms with E-state index >= 15 is 0 Å². The molecule has 1 aromatic carbocycles. The third-order valence-corrected chi connectivity index (χ3v) is 3.22. The van der Waals surface area contributed by atoms with Crippen LogP contribution in [0.3, 0.4) is 0 Å². The average molecular weight is 317 g/mol. The number of benzene rings is 1. The van der Waals surface area contributed by atoms with Crippen molar-refractivity contribution < 1.29 is 22.0 Å². The van der Waals surface area contributed by atoms with Crippen LogP contribution in [-0.4, -0.2) is 37.8 Å². The van der Waals surface area contributed by atoms with Crippen molar-refractivity contribution in [1.29, 1.82) is 0 Å². The van der Waals surface area contributed by atoms with Crippen LogP contribution in [0.25, 0.3) is 0 Å². The third kappa shape index (κ3) is 3.21. The molecule has 0 spiro atoms. The molecule has 1 N–H and O–H groups in total. The van der Waals surface area contributed by atoms with E-state index in [0.717, 1.165) is 0 Å². The average Bonchev–Trinajstić information content (AvgIpc) is 2.42. The lowest BCUT2D eigenvalue weighted by Gasteiger charge is -2.33. The van der Waals surface area contributed by atoms with Crippen LogP contribution in [0.5, 0.6) is 0 Å². The summed E-state index contributed by atoms with van der Waals surface area (Å²) in [5.41, 5.74) is -0.873. The number of halogens is 6. The van der Waals surface area contributed by atoms with Crippen molar-refractivity contribution in [3.8, 4) is 0 Å². The number of piperazine rings is 1. The number of nitrogens with one attached hydrogen (secondary N) is 1. The summed E-state index contributed by atoms with van der Waals surface area (Å²) < 4.78 is 66.7. The molecule has 1 aliphatic heterocycles. The predicted molar refractivity (Wildman–Crippen MR) is 66.7 cm³/mol. The van der Waals surface area contributed by atoms with Gasteiger partial charge in [-0.15, -0.1) is 12.4 Å². The first-order valence-corrected chi connectivity index (χ1v) is 5.90. The fourth-order valence-electron chi connectivity index (χ4n) is 2.24. The van der Waals surface area contributed by atoms with E-state index in [4.69, 9.17) is 0 Å². The fourth-order valence-corrected chi connectivity index (χ4v) is 2.24. The Kier molecular flexibility index (Phi) is 6.16. The molecule has 2 rings (SSSR count). The van der Waals surface area contributed by atoms with Gasteiger partial charge in [0.05, 0.1) is 6.04 Å². The molecule has 0 saturated carbocycles. The van der Waals surface area contributed by atoms with Crippen LogP contribution in [-0.2, 0) is 0 Å². The number of alkyl halides is 1. The smallest absolute Gasteiger partial charge is 0.166 e. The molecule has 1 saturated heterocycles. The predicted octanol–water partition coefficient (Wildman–Crippen LogP) is 2.58. The summed E-state index contributed by atoms with van der Waals surface area (Å²) in [6, 6.07) is -1.19. The summed E-state index contributed by atoms with van der Waals surface area (Å²) in [6.45, 7) is 0.642. The molecule has 1 fully saturated rings. The van der Waals surface area contributed by atoms with Gasteiger partial charge in [0.25, 0.3) is 0 Å². The van der Waals surface area contributed by atoms with Gasteiger partial charge in [-0.05, 0) is 0 Å². The maximum atomic E-state index is 13.6. The summed E-state index contributed by atoms with van der Waals surface area (Å²) in [5.74, 6) is -6.08. The zero-order valence-electron chi connectivity index (χ0n) is 10.4. The Morgan fingerprint density at radius 3 is 2.00 bits per heavy atom. The van der Waals surface area contributed by atoms with Gasteiger partial charge in [0, 0.05) is 37.8 Å². The minimum Gasteiger partial charge on any atom is -0.314 e. The first-order chi connectivity index (χ1) is 9.06. The summed E-state index contributed by atoms with van der Waals surface area (Å²) in [6.07, 6.45) is 0. The molecule has 0 amide bonds. The highest BCUT2D eigenvalue weighted by Crippen LogP contribution is 2.29. The molecule has 0 radical (unpaired) electrons. The molecule has 0 aromatic heterocycles. The zero-order valence-corrected chi connectivity index (χ0v) is 11.3. The first kappa shape index (κ1) is 17.1. The van der Waals surface area contributed by atoms with Crippen LogP contribution in [0.1, 0.15) is 11.6 Å². The lowest BCUT2D eigenvalue weighted by molar-refractivity contribution is 0.139. The molecule has 1 heterocycles. The molecule has 0 unspecified atom stereocenters. The van der Waals surface area contributed by atoms with Gasteiger partial charge in [-0.1, -0.05) is 0 Å². The highest BCUT2D eigenvalue weighted by molar-refractivity contribution is 5.85. The van der Waals surface area contributed by atoms with Crippen molar-refractivity contribution in [2.24, 2.45) is 0 Å². The standard InChI is InChI=1S/C12H13F5N2.ClH/c13-6-9(19-3-1-18-2-4-19)10-11(16)7(14)5-8(15)12(10)17;/h5,9,18H,1-4,6H2;1H/t9-;/m1./s1. The Labute approximate surface area is 119 Å². The third-order valence-electron chi connectivity index (χ3n) is 3.22. The normalized spacial score (nSPS) is 17.6. The maximum absolute atomic E-state index is 13.6. The van der Waals surface area contributed by atoms with Crippen molar-refractivity contribution in [2.45, 2.75) is 6.04 Å². The second-order valence-corrected chi connectivity index (χ2v) is 4.34. The summed E-state index contributed by atoms with van der Waals surface area (Å²) in [4.78, 5) is 1.47.